The van der Waals surface area contributed by atoms with Crippen LogP contribution in [0.1, 0.15) is 10.4 Å². The first-order valence-electron chi connectivity index (χ1n) is 6.81. The lowest BCUT2D eigenvalue weighted by molar-refractivity contribution is -0.133. The average Bonchev–Trinajstić information content (AvgIpc) is 2.46. The van der Waals surface area contributed by atoms with Gasteiger partial charge in [-0.3, -0.25) is 9.59 Å². The number of halogens is 1. The second-order valence-electron chi connectivity index (χ2n) is 5.25. The van der Waals surface area contributed by atoms with E-state index in [2.05, 4.69) is 4.98 Å². The zero-order valence-electron chi connectivity index (χ0n) is 12.3. The third-order valence-electron chi connectivity index (χ3n) is 3.36. The van der Waals surface area contributed by atoms with E-state index in [1.54, 1.807) is 28.1 Å². The van der Waals surface area contributed by atoms with Gasteiger partial charge in [-0.1, -0.05) is 11.6 Å². The summed E-state index contributed by atoms with van der Waals surface area (Å²) in [7, 11) is 3.73. The van der Waals surface area contributed by atoms with Crippen LogP contribution in [0.5, 0.6) is 0 Å². The fourth-order valence-electron chi connectivity index (χ4n) is 2.25. The molecular weight excluding hydrogens is 292 g/mol. The van der Waals surface area contributed by atoms with Crippen molar-refractivity contribution < 1.29 is 9.59 Å². The molecule has 0 spiro atoms. The molecule has 1 aromatic rings. The van der Waals surface area contributed by atoms with Crippen molar-refractivity contribution in [3.05, 3.63) is 29.0 Å². The molecule has 0 N–H and O–H groups in total. The zero-order valence-corrected chi connectivity index (χ0v) is 13.0. The first-order valence-corrected chi connectivity index (χ1v) is 7.19. The van der Waals surface area contributed by atoms with E-state index in [1.807, 2.05) is 19.0 Å². The van der Waals surface area contributed by atoms with Gasteiger partial charge in [-0.15, -0.1) is 0 Å². The predicted octanol–water partition coefficient (Wildman–Crippen LogP) is 0.581. The van der Waals surface area contributed by atoms with Gasteiger partial charge in [0, 0.05) is 32.4 Å². The zero-order chi connectivity index (χ0) is 15.4. The van der Waals surface area contributed by atoms with Crippen molar-refractivity contribution in [3.8, 4) is 0 Å². The van der Waals surface area contributed by atoms with E-state index in [1.165, 1.54) is 0 Å². The van der Waals surface area contributed by atoms with Crippen LogP contribution < -0.4 is 0 Å². The molecule has 1 aliphatic rings. The van der Waals surface area contributed by atoms with Gasteiger partial charge in [-0.2, -0.15) is 0 Å². The van der Waals surface area contributed by atoms with E-state index >= 15 is 0 Å². The molecule has 7 heteroatoms. The standard InChI is InChI=1S/C14H19ClN4O2/c1-17(2)10-12(20)18-6-8-19(9-7-18)14(21)11-4-3-5-16-13(11)15/h3-5H,6-10H2,1-2H3. The molecule has 1 aliphatic heterocycles. The molecule has 0 bridgehead atoms. The van der Waals surface area contributed by atoms with Crippen molar-refractivity contribution in [1.82, 2.24) is 19.7 Å². The number of nitrogens with zero attached hydrogens (tertiary/aromatic N) is 4. The monoisotopic (exact) mass is 310 g/mol. The maximum Gasteiger partial charge on any atom is 0.257 e. The molecule has 0 aliphatic carbocycles. The first-order chi connectivity index (χ1) is 9.99. The Morgan fingerprint density at radius 2 is 1.86 bits per heavy atom. The lowest BCUT2D eigenvalue weighted by atomic mass is 10.2. The first kappa shape index (κ1) is 15.7. The van der Waals surface area contributed by atoms with Crippen LogP contribution in [0.15, 0.2) is 18.3 Å². The van der Waals surface area contributed by atoms with Crippen molar-refractivity contribution in [1.29, 1.82) is 0 Å². The molecule has 0 atom stereocenters. The number of amides is 2. The molecule has 1 fully saturated rings. The highest BCUT2D eigenvalue weighted by Crippen LogP contribution is 2.15. The quantitative estimate of drug-likeness (QED) is 0.767. The number of hydrogen-bond donors (Lipinski definition) is 0. The molecule has 1 saturated heterocycles. The SMILES string of the molecule is CN(C)CC(=O)N1CCN(C(=O)c2cccnc2Cl)CC1. The van der Waals surface area contributed by atoms with Crippen molar-refractivity contribution in [2.75, 3.05) is 46.8 Å². The fraction of sp³-hybridized carbons (Fsp3) is 0.500. The van der Waals surface area contributed by atoms with Crippen LogP contribution in [0.2, 0.25) is 5.15 Å². The Kier molecular flexibility index (Phi) is 5.14. The smallest absolute Gasteiger partial charge is 0.257 e. The largest absolute Gasteiger partial charge is 0.338 e. The third-order valence-corrected chi connectivity index (χ3v) is 3.66. The molecule has 6 nitrogen and oxygen atoms in total. The topological polar surface area (TPSA) is 56.8 Å². The third kappa shape index (κ3) is 3.92. The molecule has 0 radical (unpaired) electrons. The van der Waals surface area contributed by atoms with Gasteiger partial charge < -0.3 is 14.7 Å². The van der Waals surface area contributed by atoms with Crippen LogP contribution >= 0.6 is 11.6 Å². The van der Waals surface area contributed by atoms with Gasteiger partial charge in [0.05, 0.1) is 12.1 Å². The lowest BCUT2D eigenvalue weighted by Gasteiger charge is -2.35. The van der Waals surface area contributed by atoms with Crippen LogP contribution in [0.3, 0.4) is 0 Å². The van der Waals surface area contributed by atoms with Gasteiger partial charge in [0.1, 0.15) is 5.15 Å². The Labute approximate surface area is 129 Å². The molecule has 2 rings (SSSR count). The van der Waals surface area contributed by atoms with Crippen molar-refractivity contribution in [3.63, 3.8) is 0 Å². The summed E-state index contributed by atoms with van der Waals surface area (Å²) in [5.74, 6) is -0.0423. The number of hydrogen-bond acceptors (Lipinski definition) is 4. The van der Waals surface area contributed by atoms with Gasteiger partial charge >= 0.3 is 0 Å². The molecule has 2 heterocycles. The summed E-state index contributed by atoms with van der Waals surface area (Å²) in [5.41, 5.74) is 0.409. The number of aromatic nitrogens is 1. The fourth-order valence-corrected chi connectivity index (χ4v) is 2.45. The maximum atomic E-state index is 12.4. The Balaban J connectivity index is 1.94. The lowest BCUT2D eigenvalue weighted by Crippen LogP contribution is -2.52. The Bertz CT molecular complexity index is 527. The Hall–Kier alpha value is -1.66. The van der Waals surface area contributed by atoms with E-state index in [0.717, 1.165) is 0 Å². The van der Waals surface area contributed by atoms with Gasteiger partial charge in [0.2, 0.25) is 5.91 Å². The van der Waals surface area contributed by atoms with Gasteiger partial charge in [0.25, 0.3) is 5.91 Å². The van der Waals surface area contributed by atoms with Crippen LogP contribution in [0.25, 0.3) is 0 Å². The van der Waals surface area contributed by atoms with Gasteiger partial charge in [0.15, 0.2) is 0 Å². The van der Waals surface area contributed by atoms with Crippen LogP contribution in [0, 0.1) is 0 Å². The normalized spacial score (nSPS) is 15.4. The highest BCUT2D eigenvalue weighted by molar-refractivity contribution is 6.32. The van der Waals surface area contributed by atoms with E-state index < -0.39 is 0 Å². The van der Waals surface area contributed by atoms with E-state index in [-0.39, 0.29) is 17.0 Å². The maximum absolute atomic E-state index is 12.4. The summed E-state index contributed by atoms with van der Waals surface area (Å²) >= 11 is 5.95. The molecule has 0 unspecified atom stereocenters. The summed E-state index contributed by atoms with van der Waals surface area (Å²) in [6.07, 6.45) is 1.55. The number of piperazine rings is 1. The predicted molar refractivity (Wildman–Crippen MR) is 80.3 cm³/mol. The minimum absolute atomic E-state index is 0.0894. The molecule has 114 valence electrons. The van der Waals surface area contributed by atoms with Gasteiger partial charge in [-0.25, -0.2) is 4.98 Å². The molecule has 1 aromatic heterocycles. The van der Waals surface area contributed by atoms with Crippen molar-refractivity contribution >= 4 is 23.4 Å². The summed E-state index contributed by atoms with van der Waals surface area (Å²) in [5, 5.41) is 0.216. The highest BCUT2D eigenvalue weighted by atomic mass is 35.5. The Morgan fingerprint density at radius 1 is 1.24 bits per heavy atom. The summed E-state index contributed by atoms with van der Waals surface area (Å²) < 4.78 is 0. The van der Waals surface area contributed by atoms with Crippen LogP contribution in [-0.2, 0) is 4.79 Å². The van der Waals surface area contributed by atoms with Crippen LogP contribution in [0.4, 0.5) is 0 Å². The molecule has 0 saturated carbocycles. The van der Waals surface area contributed by atoms with E-state index in [4.69, 9.17) is 11.6 Å². The molecule has 2 amide bonds. The van der Waals surface area contributed by atoms with E-state index in [0.29, 0.717) is 38.3 Å². The van der Waals surface area contributed by atoms with Crippen molar-refractivity contribution in [2.24, 2.45) is 0 Å². The molecule has 0 aromatic carbocycles. The highest BCUT2D eigenvalue weighted by Gasteiger charge is 2.26. The summed E-state index contributed by atoms with van der Waals surface area (Å²) in [6, 6.07) is 3.36. The number of rotatable bonds is 3. The summed E-state index contributed by atoms with van der Waals surface area (Å²) in [6.45, 7) is 2.53. The van der Waals surface area contributed by atoms with Crippen molar-refractivity contribution in [2.45, 2.75) is 0 Å². The minimum Gasteiger partial charge on any atom is -0.338 e. The molecular formula is C14H19ClN4O2. The second-order valence-corrected chi connectivity index (χ2v) is 5.61. The van der Waals surface area contributed by atoms with Crippen LogP contribution in [-0.4, -0.2) is 78.3 Å². The second kappa shape index (κ2) is 6.87. The Morgan fingerprint density at radius 3 is 2.43 bits per heavy atom. The summed E-state index contributed by atoms with van der Waals surface area (Å²) in [4.78, 5) is 33.6. The number of carbonyl (C=O) groups excluding carboxylic acids is 2. The number of carbonyl (C=O) groups is 2. The van der Waals surface area contributed by atoms with Gasteiger partial charge in [-0.05, 0) is 26.2 Å². The average molecular weight is 311 g/mol. The number of pyridine rings is 1. The minimum atomic E-state index is -0.132. The number of likely N-dealkylation sites (N-methyl/N-ethyl adjacent to an activating group) is 1. The molecule has 21 heavy (non-hydrogen) atoms. The van der Waals surface area contributed by atoms with E-state index in [9.17, 15) is 9.59 Å².